The van der Waals surface area contributed by atoms with Gasteiger partial charge in [-0.25, -0.2) is 0 Å². The third-order valence-electron chi connectivity index (χ3n) is 11.7. The lowest BCUT2D eigenvalue weighted by molar-refractivity contribution is -0.118. The molecule has 0 aliphatic heterocycles. The molecular formula is C52H107N3O5S. The van der Waals surface area contributed by atoms with Crippen molar-refractivity contribution in [1.82, 2.24) is 14.9 Å². The number of amides is 1. The van der Waals surface area contributed by atoms with Crippen LogP contribution in [0.2, 0.25) is 0 Å². The van der Waals surface area contributed by atoms with Gasteiger partial charge < -0.3 is 29.3 Å². The summed E-state index contributed by atoms with van der Waals surface area (Å²) in [7, 11) is 5.37. The van der Waals surface area contributed by atoms with E-state index in [2.05, 4.69) is 42.6 Å². The van der Waals surface area contributed by atoms with Gasteiger partial charge >= 0.3 is 0 Å². The number of unbranched alkanes of at least 4 members (excludes halogenated alkanes) is 25. The van der Waals surface area contributed by atoms with E-state index in [-0.39, 0.29) is 5.91 Å². The van der Waals surface area contributed by atoms with Gasteiger partial charge in [0.05, 0.1) is 18.0 Å². The molecule has 0 aromatic carbocycles. The monoisotopic (exact) mass is 886 g/mol. The van der Waals surface area contributed by atoms with Gasteiger partial charge in [-0.3, -0.25) is 9.52 Å². The van der Waals surface area contributed by atoms with Gasteiger partial charge in [-0.15, -0.1) is 0 Å². The molecule has 0 spiro atoms. The van der Waals surface area contributed by atoms with Crippen molar-refractivity contribution in [3.05, 3.63) is 0 Å². The van der Waals surface area contributed by atoms with Crippen LogP contribution < -0.4 is 10.0 Å². The first-order valence-corrected chi connectivity index (χ1v) is 27.1. The van der Waals surface area contributed by atoms with Crippen LogP contribution in [0.1, 0.15) is 252 Å². The summed E-state index contributed by atoms with van der Waals surface area (Å²) in [4.78, 5) is 34.5. The Morgan fingerprint density at radius 2 is 0.869 bits per heavy atom. The largest absolute Gasteiger partial charge is 0.381 e. The topological polar surface area (TPSA) is 97.0 Å². The lowest BCUT2D eigenvalue weighted by Gasteiger charge is -2.22. The van der Waals surface area contributed by atoms with E-state index in [1.165, 1.54) is 185 Å². The van der Waals surface area contributed by atoms with Crippen LogP contribution in [-0.4, -0.2) is 88.8 Å². The number of aldehydes is 2. The molecule has 366 valence electrons. The Labute approximate surface area is 385 Å². The molecule has 1 amide bonds. The van der Waals surface area contributed by atoms with Gasteiger partial charge in [0, 0.05) is 40.7 Å². The van der Waals surface area contributed by atoms with E-state index < -0.39 is 0 Å². The number of ether oxygens (including phenoxy) is 2. The number of rotatable bonds is 47. The Bertz CT molecular complexity index is 797. The lowest BCUT2D eigenvalue weighted by Crippen LogP contribution is -2.29. The maximum atomic E-state index is 11.2. The quantitative estimate of drug-likeness (QED) is 0.0354. The molecule has 0 aromatic rings. The first-order valence-electron chi connectivity index (χ1n) is 26.1. The van der Waals surface area contributed by atoms with Gasteiger partial charge in [-0.05, 0) is 77.4 Å². The third kappa shape index (κ3) is 57.0. The third-order valence-corrected chi connectivity index (χ3v) is 12.5. The molecule has 9 heteroatoms. The fraction of sp³-hybridized carbons (Fsp3) is 0.942. The van der Waals surface area contributed by atoms with Crippen LogP contribution in [-0.2, 0) is 23.9 Å². The van der Waals surface area contributed by atoms with Crippen molar-refractivity contribution in [2.24, 2.45) is 0 Å². The normalized spacial score (nSPS) is 11.6. The minimum Gasteiger partial charge on any atom is -0.381 e. The van der Waals surface area contributed by atoms with Crippen LogP contribution in [0.3, 0.4) is 0 Å². The highest BCUT2D eigenvalue weighted by atomic mass is 32.2. The molecule has 0 aromatic heterocycles. The molecule has 0 aliphatic rings. The molecule has 0 rings (SSSR count). The van der Waals surface area contributed by atoms with Crippen molar-refractivity contribution >= 4 is 30.4 Å². The Balaban J connectivity index is -0.000000901. The van der Waals surface area contributed by atoms with Gasteiger partial charge in [0.15, 0.2) is 0 Å². The zero-order chi connectivity index (χ0) is 45.5. The number of nitrogens with zero attached hydrogens (tertiary/aromatic N) is 1. The van der Waals surface area contributed by atoms with Gasteiger partial charge in [0.2, 0.25) is 5.91 Å². The zero-order valence-electron chi connectivity index (χ0n) is 42.0. The molecule has 0 radical (unpaired) electrons. The highest BCUT2D eigenvalue weighted by Crippen LogP contribution is 2.16. The molecule has 0 fully saturated rings. The molecular weight excluding hydrogens is 779 g/mol. The van der Waals surface area contributed by atoms with Crippen molar-refractivity contribution < 1.29 is 23.9 Å². The fourth-order valence-electron chi connectivity index (χ4n) is 7.48. The molecule has 61 heavy (non-hydrogen) atoms. The highest BCUT2D eigenvalue weighted by Gasteiger charge is 2.08. The fourth-order valence-corrected chi connectivity index (χ4v) is 8.15. The SMILES string of the molecule is CCCCCCCCC(CC)OC.CCCCCCCCC(CCCCCCCC)OC.CNC(=O)CSNCCCN(CCCCCCCC=O)CCCCCCCC=O. The smallest absolute Gasteiger partial charge is 0.231 e. The average molecular weight is 887 g/mol. The number of carbonyl (C=O) groups is 3. The first-order chi connectivity index (χ1) is 29.9. The summed E-state index contributed by atoms with van der Waals surface area (Å²) in [5, 5.41) is 2.62. The molecule has 2 N–H and O–H groups in total. The summed E-state index contributed by atoms with van der Waals surface area (Å²) in [5.74, 6) is 0.499. The molecule has 0 aliphatic carbocycles. The number of carbonyl (C=O) groups excluding carboxylic acids is 3. The summed E-state index contributed by atoms with van der Waals surface area (Å²) in [6.45, 7) is 13.3. The van der Waals surface area contributed by atoms with Crippen LogP contribution in [0.4, 0.5) is 0 Å². The number of hydrogen-bond acceptors (Lipinski definition) is 8. The second-order valence-corrected chi connectivity index (χ2v) is 18.2. The minimum absolute atomic E-state index is 0.0467. The van der Waals surface area contributed by atoms with Gasteiger partial charge in [0.25, 0.3) is 0 Å². The average Bonchev–Trinajstić information content (AvgIpc) is 3.28. The Morgan fingerprint density at radius 3 is 1.25 bits per heavy atom. The summed E-state index contributed by atoms with van der Waals surface area (Å²) in [6.07, 6.45) is 47.2. The van der Waals surface area contributed by atoms with E-state index in [0.29, 0.717) is 30.8 Å². The van der Waals surface area contributed by atoms with Crippen LogP contribution in [0.15, 0.2) is 0 Å². The molecule has 0 heterocycles. The lowest BCUT2D eigenvalue weighted by atomic mass is 10.0. The predicted molar refractivity (Wildman–Crippen MR) is 269 cm³/mol. The van der Waals surface area contributed by atoms with E-state index in [1.54, 1.807) is 7.05 Å². The highest BCUT2D eigenvalue weighted by molar-refractivity contribution is 7.98. The van der Waals surface area contributed by atoms with E-state index in [1.807, 2.05) is 14.2 Å². The van der Waals surface area contributed by atoms with Gasteiger partial charge in [-0.1, -0.05) is 194 Å². The van der Waals surface area contributed by atoms with E-state index >= 15 is 0 Å². The second-order valence-electron chi connectivity index (χ2n) is 17.3. The van der Waals surface area contributed by atoms with E-state index in [9.17, 15) is 14.4 Å². The van der Waals surface area contributed by atoms with Gasteiger partial charge in [-0.2, -0.15) is 0 Å². The molecule has 0 bridgehead atoms. The minimum atomic E-state index is 0.0467. The van der Waals surface area contributed by atoms with Crippen LogP contribution in [0, 0.1) is 0 Å². The van der Waals surface area contributed by atoms with Crippen molar-refractivity contribution in [1.29, 1.82) is 0 Å². The summed E-state index contributed by atoms with van der Waals surface area (Å²) < 4.78 is 14.2. The predicted octanol–water partition coefficient (Wildman–Crippen LogP) is 14.4. The summed E-state index contributed by atoms with van der Waals surface area (Å²) in [6, 6.07) is 0. The Kier molecular flexibility index (Phi) is 62.2. The zero-order valence-corrected chi connectivity index (χ0v) is 42.8. The standard InChI is InChI=1S/C22H43N3O3S.C18H38O.C12H26O/c1-23-22(28)21-29-24-15-14-18-25(16-10-6-2-4-8-12-19-26)17-11-7-3-5-9-13-20-27;1-4-6-8-10-12-14-16-18(19-3)17-15-13-11-9-7-5-2;1-4-6-7-8-9-10-11-12(5-2)13-3/h19-20,24H,2-18,21H2,1H3,(H,23,28);18H,4-17H2,1-3H3;12H,4-11H2,1-3H3. The Hall–Kier alpha value is -1.00. The van der Waals surface area contributed by atoms with Crippen molar-refractivity contribution in [2.75, 3.05) is 53.2 Å². The number of nitrogens with one attached hydrogen (secondary N) is 2. The van der Waals surface area contributed by atoms with Gasteiger partial charge in [0.1, 0.15) is 12.6 Å². The van der Waals surface area contributed by atoms with Crippen LogP contribution >= 0.6 is 11.9 Å². The molecule has 0 saturated heterocycles. The van der Waals surface area contributed by atoms with Crippen LogP contribution in [0.5, 0.6) is 0 Å². The molecule has 0 saturated carbocycles. The maximum Gasteiger partial charge on any atom is 0.231 e. The van der Waals surface area contributed by atoms with Crippen molar-refractivity contribution in [2.45, 2.75) is 265 Å². The Morgan fingerprint density at radius 1 is 0.508 bits per heavy atom. The second kappa shape index (κ2) is 59.0. The summed E-state index contributed by atoms with van der Waals surface area (Å²) >= 11 is 1.47. The van der Waals surface area contributed by atoms with Crippen molar-refractivity contribution in [3.63, 3.8) is 0 Å². The molecule has 1 unspecified atom stereocenters. The van der Waals surface area contributed by atoms with Crippen LogP contribution in [0.25, 0.3) is 0 Å². The molecule has 8 nitrogen and oxygen atoms in total. The summed E-state index contributed by atoms with van der Waals surface area (Å²) in [5.41, 5.74) is 0. The first kappa shape index (κ1) is 64.3. The van der Waals surface area contributed by atoms with E-state index in [0.717, 1.165) is 77.3 Å². The van der Waals surface area contributed by atoms with Crippen molar-refractivity contribution in [3.8, 4) is 0 Å². The van der Waals surface area contributed by atoms with E-state index in [4.69, 9.17) is 9.47 Å². The number of methoxy groups -OCH3 is 2. The number of hydrogen-bond donors (Lipinski definition) is 2. The maximum absolute atomic E-state index is 11.2. The molecule has 1 atom stereocenters.